The van der Waals surface area contributed by atoms with Crippen LogP contribution in [0, 0.1) is 5.82 Å². The molecule has 2 rings (SSSR count). The first-order chi connectivity index (χ1) is 8.72. The van der Waals surface area contributed by atoms with Crippen molar-refractivity contribution in [2.75, 3.05) is 13.2 Å². The van der Waals surface area contributed by atoms with E-state index in [1.165, 1.54) is 6.07 Å². The molecule has 0 bridgehead atoms. The highest BCUT2D eigenvalue weighted by atomic mass is 35.5. The van der Waals surface area contributed by atoms with Crippen LogP contribution < -0.4 is 5.32 Å². The molecule has 0 fully saturated rings. The first kappa shape index (κ1) is 13.4. The van der Waals surface area contributed by atoms with Crippen molar-refractivity contribution < 1.29 is 9.13 Å². The van der Waals surface area contributed by atoms with Gasteiger partial charge < -0.3 is 10.1 Å². The van der Waals surface area contributed by atoms with Gasteiger partial charge >= 0.3 is 0 Å². The molecule has 0 aromatic heterocycles. The summed E-state index contributed by atoms with van der Waals surface area (Å²) >= 11 is 5.84. The SMILES string of the molecule is CCCNC(C1=CCCO1)c1ccc(F)c(Cl)c1. The van der Waals surface area contributed by atoms with Crippen molar-refractivity contribution in [1.82, 2.24) is 5.32 Å². The van der Waals surface area contributed by atoms with E-state index >= 15 is 0 Å². The number of hydrogen-bond donors (Lipinski definition) is 1. The van der Waals surface area contributed by atoms with E-state index in [1.807, 2.05) is 0 Å². The van der Waals surface area contributed by atoms with E-state index in [-0.39, 0.29) is 11.1 Å². The van der Waals surface area contributed by atoms with Crippen molar-refractivity contribution in [2.45, 2.75) is 25.8 Å². The molecule has 2 nitrogen and oxygen atoms in total. The predicted molar refractivity (Wildman–Crippen MR) is 71.1 cm³/mol. The Hall–Kier alpha value is -1.06. The monoisotopic (exact) mass is 269 g/mol. The number of hydrogen-bond acceptors (Lipinski definition) is 2. The fourth-order valence-corrected chi connectivity index (χ4v) is 2.19. The van der Waals surface area contributed by atoms with E-state index in [4.69, 9.17) is 16.3 Å². The van der Waals surface area contributed by atoms with Gasteiger partial charge in [-0.1, -0.05) is 24.6 Å². The maximum Gasteiger partial charge on any atom is 0.141 e. The molecule has 0 saturated heterocycles. The Bertz CT molecular complexity index is 447. The van der Waals surface area contributed by atoms with E-state index < -0.39 is 5.82 Å². The summed E-state index contributed by atoms with van der Waals surface area (Å²) in [5.74, 6) is 0.516. The van der Waals surface area contributed by atoms with Gasteiger partial charge in [0.15, 0.2) is 0 Å². The molecule has 1 unspecified atom stereocenters. The van der Waals surface area contributed by atoms with Gasteiger partial charge in [-0.15, -0.1) is 0 Å². The Morgan fingerprint density at radius 2 is 2.33 bits per heavy atom. The standard InChI is InChI=1S/C14H17ClFNO/c1-2-7-17-14(13-4-3-8-18-13)10-5-6-12(16)11(15)9-10/h4-6,9,14,17H,2-3,7-8H2,1H3. The molecule has 0 aliphatic carbocycles. The second-order valence-electron chi connectivity index (χ2n) is 4.30. The summed E-state index contributed by atoms with van der Waals surface area (Å²) < 4.78 is 18.8. The molecule has 1 N–H and O–H groups in total. The molecule has 0 radical (unpaired) electrons. The highest BCUT2D eigenvalue weighted by Gasteiger charge is 2.20. The Labute approximate surface area is 112 Å². The summed E-state index contributed by atoms with van der Waals surface area (Å²) in [4.78, 5) is 0. The molecular formula is C14H17ClFNO. The van der Waals surface area contributed by atoms with Gasteiger partial charge in [-0.25, -0.2) is 4.39 Å². The lowest BCUT2D eigenvalue weighted by Gasteiger charge is -2.20. The molecule has 4 heteroatoms. The Balaban J connectivity index is 2.23. The average Bonchev–Trinajstić information content (AvgIpc) is 2.88. The average molecular weight is 270 g/mol. The molecule has 0 saturated carbocycles. The second kappa shape index (κ2) is 6.21. The van der Waals surface area contributed by atoms with Crippen LogP contribution >= 0.6 is 11.6 Å². The number of nitrogens with one attached hydrogen (secondary N) is 1. The van der Waals surface area contributed by atoms with Crippen molar-refractivity contribution in [3.63, 3.8) is 0 Å². The number of halogens is 2. The zero-order valence-corrected chi connectivity index (χ0v) is 11.1. The van der Waals surface area contributed by atoms with Gasteiger partial charge in [0, 0.05) is 6.42 Å². The summed E-state index contributed by atoms with van der Waals surface area (Å²) in [6, 6.07) is 4.77. The number of ether oxygens (including phenoxy) is 1. The fourth-order valence-electron chi connectivity index (χ4n) is 2.00. The van der Waals surface area contributed by atoms with E-state index in [1.54, 1.807) is 12.1 Å². The lowest BCUT2D eigenvalue weighted by molar-refractivity contribution is 0.215. The van der Waals surface area contributed by atoms with Crippen molar-refractivity contribution in [3.05, 3.63) is 46.4 Å². The normalized spacial score (nSPS) is 16.3. The first-order valence-electron chi connectivity index (χ1n) is 6.23. The van der Waals surface area contributed by atoms with Crippen LogP contribution in [0.1, 0.15) is 31.4 Å². The van der Waals surface area contributed by atoms with Crippen LogP contribution in [0.4, 0.5) is 4.39 Å². The summed E-state index contributed by atoms with van der Waals surface area (Å²) in [5.41, 5.74) is 0.933. The van der Waals surface area contributed by atoms with E-state index in [0.29, 0.717) is 6.61 Å². The lowest BCUT2D eigenvalue weighted by Crippen LogP contribution is -2.24. The molecule has 98 valence electrons. The minimum absolute atomic E-state index is 0.0365. The van der Waals surface area contributed by atoms with Crippen LogP contribution in [0.15, 0.2) is 30.0 Å². The Morgan fingerprint density at radius 3 is 2.94 bits per heavy atom. The van der Waals surface area contributed by atoms with E-state index in [0.717, 1.165) is 30.7 Å². The summed E-state index contributed by atoms with van der Waals surface area (Å²) in [6.45, 7) is 3.69. The maximum absolute atomic E-state index is 13.2. The summed E-state index contributed by atoms with van der Waals surface area (Å²) in [6.07, 6.45) is 4.03. The number of rotatable bonds is 5. The third kappa shape index (κ3) is 3.03. The fraction of sp³-hybridized carbons (Fsp3) is 0.429. The number of benzene rings is 1. The van der Waals surface area contributed by atoms with Gasteiger partial charge in [0.25, 0.3) is 0 Å². The van der Waals surface area contributed by atoms with E-state index in [2.05, 4.69) is 18.3 Å². The quantitative estimate of drug-likeness (QED) is 0.877. The minimum atomic E-state index is -0.393. The largest absolute Gasteiger partial charge is 0.496 e. The van der Waals surface area contributed by atoms with Gasteiger partial charge in [0.2, 0.25) is 0 Å². The Morgan fingerprint density at radius 1 is 1.50 bits per heavy atom. The van der Waals surface area contributed by atoms with Crippen LogP contribution in [0.2, 0.25) is 5.02 Å². The van der Waals surface area contributed by atoms with Gasteiger partial charge in [0.1, 0.15) is 11.6 Å². The van der Waals surface area contributed by atoms with Crippen LogP contribution in [0.5, 0.6) is 0 Å². The summed E-state index contributed by atoms with van der Waals surface area (Å²) in [5, 5.41) is 3.55. The molecule has 0 spiro atoms. The molecule has 0 amide bonds. The van der Waals surface area contributed by atoms with Crippen LogP contribution in [0.3, 0.4) is 0 Å². The van der Waals surface area contributed by atoms with E-state index in [9.17, 15) is 4.39 Å². The zero-order valence-electron chi connectivity index (χ0n) is 10.4. The topological polar surface area (TPSA) is 21.3 Å². The molecule has 1 atom stereocenters. The minimum Gasteiger partial charge on any atom is -0.496 e. The van der Waals surface area contributed by atoms with Crippen LogP contribution in [-0.2, 0) is 4.74 Å². The molecule has 1 heterocycles. The lowest BCUT2D eigenvalue weighted by atomic mass is 10.0. The third-order valence-electron chi connectivity index (χ3n) is 2.89. The molecule has 18 heavy (non-hydrogen) atoms. The van der Waals surface area contributed by atoms with Crippen molar-refractivity contribution in [1.29, 1.82) is 0 Å². The first-order valence-corrected chi connectivity index (χ1v) is 6.61. The third-order valence-corrected chi connectivity index (χ3v) is 3.18. The van der Waals surface area contributed by atoms with Crippen LogP contribution in [0.25, 0.3) is 0 Å². The van der Waals surface area contributed by atoms with Crippen molar-refractivity contribution >= 4 is 11.6 Å². The maximum atomic E-state index is 13.2. The van der Waals surface area contributed by atoms with Crippen molar-refractivity contribution in [3.8, 4) is 0 Å². The molecular weight excluding hydrogens is 253 g/mol. The highest BCUT2D eigenvalue weighted by molar-refractivity contribution is 6.30. The molecule has 1 aromatic rings. The smallest absolute Gasteiger partial charge is 0.141 e. The van der Waals surface area contributed by atoms with Crippen molar-refractivity contribution in [2.24, 2.45) is 0 Å². The van der Waals surface area contributed by atoms with Gasteiger partial charge in [-0.3, -0.25) is 0 Å². The molecule has 1 aliphatic heterocycles. The van der Waals surface area contributed by atoms with Crippen LogP contribution in [-0.4, -0.2) is 13.2 Å². The zero-order chi connectivity index (χ0) is 13.0. The second-order valence-corrected chi connectivity index (χ2v) is 4.71. The van der Waals surface area contributed by atoms with Gasteiger partial charge in [-0.05, 0) is 36.7 Å². The Kier molecular flexibility index (Phi) is 4.61. The van der Waals surface area contributed by atoms with Gasteiger partial charge in [0.05, 0.1) is 17.7 Å². The summed E-state index contributed by atoms with van der Waals surface area (Å²) in [7, 11) is 0. The molecule has 1 aromatic carbocycles. The predicted octanol–water partition coefficient (Wildman–Crippen LogP) is 3.82. The van der Waals surface area contributed by atoms with Gasteiger partial charge in [-0.2, -0.15) is 0 Å². The molecule has 1 aliphatic rings. The highest BCUT2D eigenvalue weighted by Crippen LogP contribution is 2.29.